The van der Waals surface area contributed by atoms with Crippen molar-refractivity contribution in [1.82, 2.24) is 10.3 Å². The minimum absolute atomic E-state index is 0.184. The van der Waals surface area contributed by atoms with Gasteiger partial charge in [0.15, 0.2) is 0 Å². The number of fused-ring (bicyclic) bond motifs is 1. The number of hydrogen-bond acceptors (Lipinski definition) is 6. The predicted molar refractivity (Wildman–Crippen MR) is 86.9 cm³/mol. The minimum atomic E-state index is -1.37. The van der Waals surface area contributed by atoms with Crippen LogP contribution in [-0.4, -0.2) is 39.6 Å². The summed E-state index contributed by atoms with van der Waals surface area (Å²) in [5.41, 5.74) is 0.493. The molecule has 0 unspecified atom stereocenters. The number of carboxylic acids is 2. The Morgan fingerprint density at radius 1 is 0.880 bits per heavy atom. The van der Waals surface area contributed by atoms with Gasteiger partial charge in [0.2, 0.25) is 0 Å². The van der Waals surface area contributed by atoms with E-state index in [0.29, 0.717) is 16.8 Å². The highest BCUT2D eigenvalue weighted by atomic mass is 16.6. The highest BCUT2D eigenvalue weighted by Crippen LogP contribution is 2.29. The van der Waals surface area contributed by atoms with Crippen molar-refractivity contribution in [2.75, 3.05) is 7.11 Å². The molecule has 0 aliphatic rings. The van der Waals surface area contributed by atoms with Crippen LogP contribution < -0.4 is 4.74 Å². The molecule has 0 aliphatic carbocycles. The van der Waals surface area contributed by atoms with Crippen LogP contribution in [0.4, 0.5) is 0 Å². The molecule has 1 aromatic heterocycles. The van der Waals surface area contributed by atoms with Crippen LogP contribution in [-0.2, 0) is 9.59 Å². The number of ether oxygens (including phenoxy) is 1. The SMILES string of the molecule is COc1ccc(/C(C(=O)O)=C(/C(=O)O)c2ccc3nonc3c2)cc1. The molecule has 2 aromatic carbocycles. The van der Waals surface area contributed by atoms with Gasteiger partial charge in [-0.2, -0.15) is 0 Å². The third-order valence-electron chi connectivity index (χ3n) is 3.60. The van der Waals surface area contributed by atoms with Gasteiger partial charge in [0.1, 0.15) is 16.8 Å². The van der Waals surface area contributed by atoms with Gasteiger partial charge in [0, 0.05) is 0 Å². The highest BCUT2D eigenvalue weighted by molar-refractivity contribution is 6.36. The molecule has 8 nitrogen and oxygen atoms in total. The topological polar surface area (TPSA) is 123 Å². The number of rotatable bonds is 5. The quantitative estimate of drug-likeness (QED) is 0.536. The Bertz CT molecular complexity index is 988. The van der Waals surface area contributed by atoms with Crippen molar-refractivity contribution in [2.45, 2.75) is 0 Å². The van der Waals surface area contributed by atoms with Gasteiger partial charge in [-0.05, 0) is 45.7 Å². The second kappa shape index (κ2) is 6.44. The molecule has 0 saturated heterocycles. The molecule has 2 N–H and O–H groups in total. The number of carbonyl (C=O) groups is 2. The summed E-state index contributed by atoms with van der Waals surface area (Å²) in [6, 6.07) is 10.5. The summed E-state index contributed by atoms with van der Waals surface area (Å²) >= 11 is 0. The number of aromatic nitrogens is 2. The largest absolute Gasteiger partial charge is 0.497 e. The summed E-state index contributed by atoms with van der Waals surface area (Å²) < 4.78 is 9.62. The molecule has 126 valence electrons. The standard InChI is InChI=1S/C17H12N2O6/c1-24-11-5-2-9(3-6-11)14(16(20)21)15(17(22)23)10-4-7-12-13(8-10)19-25-18-12/h2-8H,1H3,(H,20,21)(H,22,23)/b15-14-. The van der Waals surface area contributed by atoms with Gasteiger partial charge in [0.05, 0.1) is 18.3 Å². The lowest BCUT2D eigenvalue weighted by molar-refractivity contribution is -0.132. The van der Waals surface area contributed by atoms with Gasteiger partial charge in [-0.3, -0.25) is 0 Å². The molecule has 0 aliphatic heterocycles. The van der Waals surface area contributed by atoms with Crippen molar-refractivity contribution >= 4 is 34.1 Å². The lowest BCUT2D eigenvalue weighted by Gasteiger charge is -2.10. The van der Waals surface area contributed by atoms with Gasteiger partial charge in [0.25, 0.3) is 0 Å². The maximum atomic E-state index is 11.8. The highest BCUT2D eigenvalue weighted by Gasteiger charge is 2.24. The molecule has 0 saturated carbocycles. The monoisotopic (exact) mass is 340 g/mol. The van der Waals surface area contributed by atoms with Gasteiger partial charge in [-0.15, -0.1) is 0 Å². The fourth-order valence-electron chi connectivity index (χ4n) is 2.44. The Hall–Kier alpha value is -3.68. The van der Waals surface area contributed by atoms with E-state index in [1.807, 2.05) is 0 Å². The van der Waals surface area contributed by atoms with Crippen LogP contribution >= 0.6 is 0 Å². The first-order chi connectivity index (χ1) is 12.0. The van der Waals surface area contributed by atoms with Gasteiger partial charge in [-0.1, -0.05) is 18.2 Å². The van der Waals surface area contributed by atoms with Gasteiger partial charge in [-0.25, -0.2) is 14.2 Å². The summed E-state index contributed by atoms with van der Waals surface area (Å²) in [4.78, 5) is 23.6. The number of hydrogen-bond donors (Lipinski definition) is 2. The van der Waals surface area contributed by atoms with Crippen LogP contribution in [0.1, 0.15) is 11.1 Å². The minimum Gasteiger partial charge on any atom is -0.497 e. The zero-order valence-electron chi connectivity index (χ0n) is 13.0. The molecule has 25 heavy (non-hydrogen) atoms. The van der Waals surface area contributed by atoms with Crippen LogP contribution in [0.2, 0.25) is 0 Å². The lowest BCUT2D eigenvalue weighted by Crippen LogP contribution is -2.10. The van der Waals surface area contributed by atoms with E-state index >= 15 is 0 Å². The molecule has 0 spiro atoms. The Labute approximate surface area is 140 Å². The molecule has 8 heteroatoms. The van der Waals surface area contributed by atoms with E-state index in [1.165, 1.54) is 37.4 Å². The van der Waals surface area contributed by atoms with E-state index < -0.39 is 11.9 Å². The second-order valence-electron chi connectivity index (χ2n) is 5.06. The average Bonchev–Trinajstić information content (AvgIpc) is 3.06. The molecule has 0 radical (unpaired) electrons. The summed E-state index contributed by atoms with van der Waals surface area (Å²) in [6.07, 6.45) is 0. The zero-order valence-corrected chi connectivity index (χ0v) is 13.0. The van der Waals surface area contributed by atoms with Crippen molar-refractivity contribution < 1.29 is 29.2 Å². The first kappa shape index (κ1) is 16.2. The molecule has 0 fully saturated rings. The Balaban J connectivity index is 2.24. The van der Waals surface area contributed by atoms with Crippen LogP contribution in [0.3, 0.4) is 0 Å². The van der Waals surface area contributed by atoms with Gasteiger partial charge < -0.3 is 14.9 Å². The normalized spacial score (nSPS) is 11.9. The summed E-state index contributed by atoms with van der Waals surface area (Å²) in [5.74, 6) is -2.20. The Morgan fingerprint density at radius 2 is 1.44 bits per heavy atom. The van der Waals surface area contributed by atoms with Crippen LogP contribution in [0, 0.1) is 0 Å². The molecule has 0 amide bonds. The first-order valence-electron chi connectivity index (χ1n) is 7.09. The Kier molecular flexibility index (Phi) is 4.17. The third kappa shape index (κ3) is 3.05. The fraction of sp³-hybridized carbons (Fsp3) is 0.0588. The number of carboxylic acid groups (broad SMARTS) is 2. The van der Waals surface area contributed by atoms with Crippen molar-refractivity contribution in [2.24, 2.45) is 0 Å². The van der Waals surface area contributed by atoms with Crippen molar-refractivity contribution in [3.05, 3.63) is 53.6 Å². The van der Waals surface area contributed by atoms with Crippen LogP contribution in [0.5, 0.6) is 5.75 Å². The first-order valence-corrected chi connectivity index (χ1v) is 7.09. The molecule has 1 heterocycles. The summed E-state index contributed by atoms with van der Waals surface area (Å²) in [5, 5.41) is 26.5. The fourth-order valence-corrected chi connectivity index (χ4v) is 2.44. The van der Waals surface area contributed by atoms with E-state index in [-0.39, 0.29) is 22.3 Å². The number of aliphatic carboxylic acids is 2. The maximum absolute atomic E-state index is 11.8. The van der Waals surface area contributed by atoms with E-state index in [4.69, 9.17) is 4.74 Å². The number of nitrogens with zero attached hydrogens (tertiary/aromatic N) is 2. The van der Waals surface area contributed by atoms with E-state index in [0.717, 1.165) is 0 Å². The maximum Gasteiger partial charge on any atom is 0.337 e. The lowest BCUT2D eigenvalue weighted by atomic mass is 9.94. The zero-order chi connectivity index (χ0) is 18.0. The molecular weight excluding hydrogens is 328 g/mol. The second-order valence-corrected chi connectivity index (χ2v) is 5.06. The number of methoxy groups -OCH3 is 1. The van der Waals surface area contributed by atoms with Crippen molar-refractivity contribution in [3.63, 3.8) is 0 Å². The van der Waals surface area contributed by atoms with Crippen molar-refractivity contribution in [1.29, 1.82) is 0 Å². The smallest absolute Gasteiger partial charge is 0.337 e. The number of benzene rings is 2. The summed E-state index contributed by atoms with van der Waals surface area (Å²) in [7, 11) is 1.48. The third-order valence-corrected chi connectivity index (χ3v) is 3.60. The average molecular weight is 340 g/mol. The molecule has 0 atom stereocenters. The molecule has 3 rings (SSSR count). The Morgan fingerprint density at radius 3 is 2.04 bits per heavy atom. The van der Waals surface area contributed by atoms with Crippen molar-refractivity contribution in [3.8, 4) is 5.75 Å². The summed E-state index contributed by atoms with van der Waals surface area (Å²) in [6.45, 7) is 0. The van der Waals surface area contributed by atoms with Crippen LogP contribution in [0.15, 0.2) is 47.1 Å². The van der Waals surface area contributed by atoms with Crippen LogP contribution in [0.25, 0.3) is 22.2 Å². The molecule has 3 aromatic rings. The van der Waals surface area contributed by atoms with E-state index in [1.54, 1.807) is 12.1 Å². The molecule has 0 bridgehead atoms. The predicted octanol–water partition coefficient (Wildman–Crippen LogP) is 2.31. The van der Waals surface area contributed by atoms with E-state index in [2.05, 4.69) is 14.9 Å². The van der Waals surface area contributed by atoms with Gasteiger partial charge >= 0.3 is 11.9 Å². The van der Waals surface area contributed by atoms with E-state index in [9.17, 15) is 19.8 Å². The molecular formula is C17H12N2O6.